The Kier molecular flexibility index (Phi) is 4.78. The lowest BCUT2D eigenvalue weighted by Gasteiger charge is -2.08. The van der Waals surface area contributed by atoms with Crippen LogP contribution < -0.4 is 0 Å². The predicted octanol–water partition coefficient (Wildman–Crippen LogP) is 3.64. The van der Waals surface area contributed by atoms with Crippen molar-refractivity contribution in [2.45, 2.75) is 33.3 Å². The molecular weight excluding hydrogens is 325 g/mol. The van der Waals surface area contributed by atoms with Gasteiger partial charge in [0, 0.05) is 29.6 Å². The molecule has 0 saturated carbocycles. The van der Waals surface area contributed by atoms with Crippen molar-refractivity contribution in [3.8, 4) is 11.3 Å². The second kappa shape index (κ2) is 6.83. The third-order valence-corrected chi connectivity index (χ3v) is 5.00. The van der Waals surface area contributed by atoms with E-state index in [1.54, 1.807) is 17.4 Å². The molecule has 1 aromatic carbocycles. The van der Waals surface area contributed by atoms with Crippen LogP contribution >= 0.6 is 11.3 Å². The Hall–Kier alpha value is -2.05. The van der Waals surface area contributed by atoms with Gasteiger partial charge >= 0.3 is 0 Å². The van der Waals surface area contributed by atoms with Crippen molar-refractivity contribution in [1.29, 1.82) is 0 Å². The van der Waals surface area contributed by atoms with E-state index in [0.717, 1.165) is 39.0 Å². The summed E-state index contributed by atoms with van der Waals surface area (Å²) in [5.41, 5.74) is 4.34. The van der Waals surface area contributed by atoms with E-state index >= 15 is 0 Å². The number of hydrogen-bond donors (Lipinski definition) is 1. The van der Waals surface area contributed by atoms with E-state index in [4.69, 9.17) is 0 Å². The van der Waals surface area contributed by atoms with Crippen LogP contribution in [0.2, 0.25) is 0 Å². The number of benzene rings is 1. The maximum atomic E-state index is 13.5. The molecule has 24 heavy (non-hydrogen) atoms. The van der Waals surface area contributed by atoms with Crippen LogP contribution in [-0.4, -0.2) is 19.9 Å². The summed E-state index contributed by atoms with van der Waals surface area (Å²) in [6.07, 6.45) is 1.61. The van der Waals surface area contributed by atoms with Crippen LogP contribution in [0.25, 0.3) is 11.3 Å². The number of thiazole rings is 1. The summed E-state index contributed by atoms with van der Waals surface area (Å²) in [5.74, 6) is -0.351. The van der Waals surface area contributed by atoms with Crippen molar-refractivity contribution in [3.63, 3.8) is 0 Å². The second-order valence-electron chi connectivity index (χ2n) is 5.75. The summed E-state index contributed by atoms with van der Waals surface area (Å²) >= 11 is 1.63. The largest absolute Gasteiger partial charge is 0.392 e. The molecule has 0 aliphatic carbocycles. The SMILES string of the molecule is CCc1cc(Cc2sc(C)nc2-c2ccc(F)cc2CO)n(C)n1. The van der Waals surface area contributed by atoms with Gasteiger partial charge in [-0.05, 0) is 43.2 Å². The second-order valence-corrected chi connectivity index (χ2v) is 7.03. The molecule has 0 unspecified atom stereocenters. The molecule has 6 heteroatoms. The van der Waals surface area contributed by atoms with Crippen molar-refractivity contribution in [3.05, 3.63) is 56.9 Å². The third-order valence-electron chi connectivity index (χ3n) is 4.03. The normalized spacial score (nSPS) is 11.2. The molecule has 2 aromatic heterocycles. The minimum atomic E-state index is -0.351. The highest BCUT2D eigenvalue weighted by molar-refractivity contribution is 7.12. The summed E-state index contributed by atoms with van der Waals surface area (Å²) in [5, 5.41) is 15.0. The van der Waals surface area contributed by atoms with Crippen molar-refractivity contribution in [2.24, 2.45) is 7.05 Å². The van der Waals surface area contributed by atoms with Gasteiger partial charge in [0.25, 0.3) is 0 Å². The first-order valence-corrected chi connectivity index (χ1v) is 8.71. The number of hydrogen-bond acceptors (Lipinski definition) is 4. The Balaban J connectivity index is 2.03. The molecule has 0 radical (unpaired) electrons. The van der Waals surface area contributed by atoms with Crippen LogP contribution in [0.3, 0.4) is 0 Å². The fourth-order valence-corrected chi connectivity index (χ4v) is 3.76. The summed E-state index contributed by atoms with van der Waals surface area (Å²) in [6, 6.07) is 6.58. The van der Waals surface area contributed by atoms with E-state index in [-0.39, 0.29) is 12.4 Å². The molecule has 0 saturated heterocycles. The third kappa shape index (κ3) is 3.25. The number of aliphatic hydroxyl groups is 1. The maximum absolute atomic E-state index is 13.5. The molecule has 2 heterocycles. The zero-order valence-electron chi connectivity index (χ0n) is 14.0. The maximum Gasteiger partial charge on any atom is 0.123 e. The number of rotatable bonds is 5. The molecule has 0 aliphatic heterocycles. The van der Waals surface area contributed by atoms with Gasteiger partial charge in [-0.2, -0.15) is 5.10 Å². The smallest absolute Gasteiger partial charge is 0.123 e. The van der Waals surface area contributed by atoms with Crippen molar-refractivity contribution >= 4 is 11.3 Å². The number of halogens is 1. The standard InChI is InChI=1S/C18H20FN3OS/c1-4-14-8-15(22(3)21-14)9-17-18(20-11(2)24-17)16-6-5-13(19)7-12(16)10-23/h5-8,23H,4,9-10H2,1-3H3. The molecule has 0 bridgehead atoms. The first-order valence-electron chi connectivity index (χ1n) is 7.89. The fourth-order valence-electron chi connectivity index (χ4n) is 2.80. The summed E-state index contributed by atoms with van der Waals surface area (Å²) in [6.45, 7) is 3.83. The summed E-state index contributed by atoms with van der Waals surface area (Å²) < 4.78 is 15.4. The van der Waals surface area contributed by atoms with Gasteiger partial charge in [0.15, 0.2) is 0 Å². The van der Waals surface area contributed by atoms with Crippen LogP contribution in [0.1, 0.15) is 33.8 Å². The Morgan fingerprint density at radius 3 is 2.75 bits per heavy atom. The number of aliphatic hydroxyl groups excluding tert-OH is 1. The van der Waals surface area contributed by atoms with E-state index in [2.05, 4.69) is 23.1 Å². The first-order chi connectivity index (χ1) is 11.5. The molecule has 0 amide bonds. The molecule has 0 atom stereocenters. The average Bonchev–Trinajstić information content (AvgIpc) is 3.10. The summed E-state index contributed by atoms with van der Waals surface area (Å²) in [4.78, 5) is 5.72. The van der Waals surface area contributed by atoms with Gasteiger partial charge in [-0.3, -0.25) is 4.68 Å². The Morgan fingerprint density at radius 2 is 2.08 bits per heavy atom. The Bertz CT molecular complexity index is 869. The van der Waals surface area contributed by atoms with Gasteiger partial charge in [-0.25, -0.2) is 9.37 Å². The van der Waals surface area contributed by atoms with Crippen LogP contribution in [0.4, 0.5) is 4.39 Å². The van der Waals surface area contributed by atoms with E-state index in [1.165, 1.54) is 12.1 Å². The van der Waals surface area contributed by atoms with Gasteiger partial charge < -0.3 is 5.11 Å². The molecular formula is C18H20FN3OS. The molecule has 0 fully saturated rings. The van der Waals surface area contributed by atoms with Gasteiger partial charge in [-0.15, -0.1) is 11.3 Å². The van der Waals surface area contributed by atoms with Crippen molar-refractivity contribution in [1.82, 2.24) is 14.8 Å². The molecule has 1 N–H and O–H groups in total. The van der Waals surface area contributed by atoms with Gasteiger partial charge in [0.1, 0.15) is 5.82 Å². The fraction of sp³-hybridized carbons (Fsp3) is 0.333. The van der Waals surface area contributed by atoms with E-state index in [0.29, 0.717) is 12.0 Å². The lowest BCUT2D eigenvalue weighted by Crippen LogP contribution is -2.00. The lowest BCUT2D eigenvalue weighted by molar-refractivity contribution is 0.281. The summed E-state index contributed by atoms with van der Waals surface area (Å²) in [7, 11) is 1.94. The first kappa shape index (κ1) is 16.8. The molecule has 3 rings (SSSR count). The Morgan fingerprint density at radius 1 is 1.29 bits per heavy atom. The predicted molar refractivity (Wildman–Crippen MR) is 93.6 cm³/mol. The van der Waals surface area contributed by atoms with Gasteiger partial charge in [0.2, 0.25) is 0 Å². The quantitative estimate of drug-likeness (QED) is 0.768. The Labute approximate surface area is 144 Å². The number of nitrogens with zero attached hydrogens (tertiary/aromatic N) is 3. The minimum absolute atomic E-state index is 0.213. The van der Waals surface area contributed by atoms with E-state index in [9.17, 15) is 9.50 Å². The zero-order valence-corrected chi connectivity index (χ0v) is 14.8. The molecule has 3 aromatic rings. The minimum Gasteiger partial charge on any atom is -0.392 e. The van der Waals surface area contributed by atoms with Crippen LogP contribution in [-0.2, 0) is 26.5 Å². The lowest BCUT2D eigenvalue weighted by atomic mass is 10.0. The molecule has 4 nitrogen and oxygen atoms in total. The highest BCUT2D eigenvalue weighted by atomic mass is 32.1. The number of aromatic nitrogens is 3. The van der Waals surface area contributed by atoms with Crippen LogP contribution in [0.5, 0.6) is 0 Å². The van der Waals surface area contributed by atoms with Crippen molar-refractivity contribution in [2.75, 3.05) is 0 Å². The molecule has 0 spiro atoms. The number of aryl methyl sites for hydroxylation is 3. The van der Waals surface area contributed by atoms with E-state index < -0.39 is 0 Å². The highest BCUT2D eigenvalue weighted by Crippen LogP contribution is 2.32. The van der Waals surface area contributed by atoms with E-state index in [1.807, 2.05) is 18.7 Å². The molecule has 0 aliphatic rings. The zero-order chi connectivity index (χ0) is 17.3. The highest BCUT2D eigenvalue weighted by Gasteiger charge is 2.17. The topological polar surface area (TPSA) is 50.9 Å². The average molecular weight is 345 g/mol. The van der Waals surface area contributed by atoms with Gasteiger partial charge in [-0.1, -0.05) is 6.92 Å². The monoisotopic (exact) mass is 345 g/mol. The van der Waals surface area contributed by atoms with Crippen LogP contribution in [0, 0.1) is 12.7 Å². The van der Waals surface area contributed by atoms with Gasteiger partial charge in [0.05, 0.1) is 23.0 Å². The molecule has 126 valence electrons. The van der Waals surface area contributed by atoms with Crippen molar-refractivity contribution < 1.29 is 9.50 Å². The van der Waals surface area contributed by atoms with Crippen LogP contribution in [0.15, 0.2) is 24.3 Å².